The summed E-state index contributed by atoms with van der Waals surface area (Å²) in [6.07, 6.45) is 1.74. The van der Waals surface area contributed by atoms with Crippen LogP contribution in [0.5, 0.6) is 5.75 Å². The molecule has 0 bridgehead atoms. The minimum absolute atomic E-state index is 0.130. The van der Waals surface area contributed by atoms with Crippen molar-refractivity contribution in [3.63, 3.8) is 0 Å². The van der Waals surface area contributed by atoms with Crippen molar-refractivity contribution in [2.75, 3.05) is 36.4 Å². The summed E-state index contributed by atoms with van der Waals surface area (Å²) in [5, 5.41) is 14.0. The van der Waals surface area contributed by atoms with E-state index in [0.717, 1.165) is 5.82 Å². The van der Waals surface area contributed by atoms with Gasteiger partial charge in [0.1, 0.15) is 11.6 Å². The van der Waals surface area contributed by atoms with Crippen molar-refractivity contribution in [1.82, 2.24) is 9.88 Å². The predicted octanol–water partition coefficient (Wildman–Crippen LogP) is 2.23. The van der Waals surface area contributed by atoms with Gasteiger partial charge in [0.2, 0.25) is 0 Å². The molecule has 3 aromatic rings. The lowest BCUT2D eigenvalue weighted by Gasteiger charge is -2.35. The van der Waals surface area contributed by atoms with Crippen molar-refractivity contribution in [2.45, 2.75) is 0 Å². The molecule has 0 spiro atoms. The normalized spacial score (nSPS) is 14.1. The Bertz CT molecular complexity index is 1010. The van der Waals surface area contributed by atoms with Gasteiger partial charge < -0.3 is 20.2 Å². The first-order chi connectivity index (χ1) is 13.6. The number of nitrogens with zero attached hydrogens (tertiary/aromatic N) is 3. The lowest BCUT2D eigenvalue weighted by atomic mass is 10.1. The summed E-state index contributed by atoms with van der Waals surface area (Å²) in [7, 11) is 0. The number of phenols is 1. The second-order valence-electron chi connectivity index (χ2n) is 6.60. The number of phenolic OH excluding ortho intramolecular Hbond substituents is 1. The van der Waals surface area contributed by atoms with Crippen molar-refractivity contribution in [2.24, 2.45) is 0 Å². The van der Waals surface area contributed by atoms with Crippen LogP contribution in [0.4, 0.5) is 11.5 Å². The van der Waals surface area contributed by atoms with Crippen molar-refractivity contribution >= 4 is 34.1 Å². The van der Waals surface area contributed by atoms with Crippen LogP contribution < -0.4 is 10.2 Å². The summed E-state index contributed by atoms with van der Waals surface area (Å²) in [5.74, 6) is -0.236. The number of carbonyl (C=O) groups is 2. The van der Waals surface area contributed by atoms with E-state index in [1.807, 2.05) is 18.2 Å². The highest BCUT2D eigenvalue weighted by molar-refractivity contribution is 6.40. The molecule has 2 aromatic carbocycles. The highest BCUT2D eigenvalue weighted by Gasteiger charge is 2.26. The number of aromatic hydroxyl groups is 1. The SMILES string of the molecule is O=C(Nc1cccc2c(O)cccc12)C(=O)N1CCN(c2ccccn2)CC1. The molecule has 0 unspecified atom stereocenters. The van der Waals surface area contributed by atoms with Crippen LogP contribution in [0.1, 0.15) is 0 Å². The van der Waals surface area contributed by atoms with Gasteiger partial charge in [0.15, 0.2) is 0 Å². The number of nitrogens with one attached hydrogen (secondary N) is 1. The molecule has 28 heavy (non-hydrogen) atoms. The molecular formula is C21H20N4O3. The molecule has 2 amide bonds. The second-order valence-corrected chi connectivity index (χ2v) is 6.60. The minimum atomic E-state index is -0.679. The Hall–Kier alpha value is -3.61. The summed E-state index contributed by atoms with van der Waals surface area (Å²) in [6, 6.07) is 16.0. The fraction of sp³-hybridized carbons (Fsp3) is 0.190. The Morgan fingerprint density at radius 1 is 0.893 bits per heavy atom. The summed E-state index contributed by atoms with van der Waals surface area (Å²) < 4.78 is 0. The van der Waals surface area contributed by atoms with Crippen LogP contribution in [0.25, 0.3) is 10.8 Å². The first kappa shape index (κ1) is 17.8. The lowest BCUT2D eigenvalue weighted by molar-refractivity contribution is -0.143. The smallest absolute Gasteiger partial charge is 0.313 e. The molecular weight excluding hydrogens is 356 g/mol. The van der Waals surface area contributed by atoms with Gasteiger partial charge >= 0.3 is 11.8 Å². The van der Waals surface area contributed by atoms with Crippen LogP contribution in [0.3, 0.4) is 0 Å². The van der Waals surface area contributed by atoms with E-state index >= 15 is 0 Å². The monoisotopic (exact) mass is 376 g/mol. The molecule has 142 valence electrons. The summed E-state index contributed by atoms with van der Waals surface area (Å²) in [4.78, 5) is 33.0. The Morgan fingerprint density at radius 2 is 1.64 bits per heavy atom. The fourth-order valence-corrected chi connectivity index (χ4v) is 3.40. The van der Waals surface area contributed by atoms with Gasteiger partial charge in [0.25, 0.3) is 0 Å². The highest BCUT2D eigenvalue weighted by Crippen LogP contribution is 2.29. The van der Waals surface area contributed by atoms with Crippen molar-refractivity contribution in [3.05, 3.63) is 60.8 Å². The number of amides is 2. The van der Waals surface area contributed by atoms with Gasteiger partial charge in [-0.3, -0.25) is 9.59 Å². The van der Waals surface area contributed by atoms with Crippen LogP contribution in [0, 0.1) is 0 Å². The number of aromatic nitrogens is 1. The third kappa shape index (κ3) is 3.46. The van der Waals surface area contributed by atoms with Crippen molar-refractivity contribution in [3.8, 4) is 5.75 Å². The number of fused-ring (bicyclic) bond motifs is 1. The van der Waals surface area contributed by atoms with E-state index in [1.54, 1.807) is 47.5 Å². The molecule has 2 heterocycles. The third-order valence-electron chi connectivity index (χ3n) is 4.88. The first-order valence-electron chi connectivity index (χ1n) is 9.10. The maximum atomic E-state index is 12.6. The number of pyridine rings is 1. The Kier molecular flexibility index (Phi) is 4.80. The number of carbonyl (C=O) groups excluding carboxylic acids is 2. The van der Waals surface area contributed by atoms with Crippen LogP contribution in [0.15, 0.2) is 60.8 Å². The van der Waals surface area contributed by atoms with E-state index < -0.39 is 11.8 Å². The van der Waals surface area contributed by atoms with E-state index in [0.29, 0.717) is 42.6 Å². The second kappa shape index (κ2) is 7.56. The number of hydrogen-bond acceptors (Lipinski definition) is 5. The molecule has 0 radical (unpaired) electrons. The minimum Gasteiger partial charge on any atom is -0.507 e. The third-order valence-corrected chi connectivity index (χ3v) is 4.88. The first-order valence-corrected chi connectivity index (χ1v) is 9.10. The van der Waals surface area contributed by atoms with E-state index in [-0.39, 0.29) is 5.75 Å². The summed E-state index contributed by atoms with van der Waals surface area (Å²) in [6.45, 7) is 2.16. The molecule has 7 heteroatoms. The molecule has 1 saturated heterocycles. The lowest BCUT2D eigenvalue weighted by Crippen LogP contribution is -2.51. The maximum Gasteiger partial charge on any atom is 0.313 e. The zero-order chi connectivity index (χ0) is 19.5. The van der Waals surface area contributed by atoms with Crippen LogP contribution >= 0.6 is 0 Å². The molecule has 1 aromatic heterocycles. The summed E-state index contributed by atoms with van der Waals surface area (Å²) in [5.41, 5.74) is 0.499. The molecule has 4 rings (SSSR count). The Labute approximate surface area is 162 Å². The molecule has 7 nitrogen and oxygen atoms in total. The molecule has 1 fully saturated rings. The van der Waals surface area contributed by atoms with Crippen LogP contribution in [0.2, 0.25) is 0 Å². The highest BCUT2D eigenvalue weighted by atomic mass is 16.3. The number of hydrogen-bond donors (Lipinski definition) is 2. The molecule has 0 aliphatic carbocycles. The zero-order valence-corrected chi connectivity index (χ0v) is 15.2. The van der Waals surface area contributed by atoms with Crippen molar-refractivity contribution in [1.29, 1.82) is 0 Å². The quantitative estimate of drug-likeness (QED) is 0.670. The number of rotatable bonds is 2. The van der Waals surface area contributed by atoms with Gasteiger partial charge in [-0.15, -0.1) is 0 Å². The predicted molar refractivity (Wildman–Crippen MR) is 107 cm³/mol. The molecule has 1 aliphatic heterocycles. The van der Waals surface area contributed by atoms with E-state index in [9.17, 15) is 14.7 Å². The fourth-order valence-electron chi connectivity index (χ4n) is 3.40. The van der Waals surface area contributed by atoms with E-state index in [2.05, 4.69) is 15.2 Å². The van der Waals surface area contributed by atoms with Crippen molar-refractivity contribution < 1.29 is 14.7 Å². The van der Waals surface area contributed by atoms with Gasteiger partial charge in [0.05, 0.1) is 0 Å². The maximum absolute atomic E-state index is 12.6. The van der Waals surface area contributed by atoms with Crippen LogP contribution in [-0.4, -0.2) is 53.0 Å². The number of piperazine rings is 1. The van der Waals surface area contributed by atoms with Gasteiger partial charge in [-0.2, -0.15) is 0 Å². The number of anilines is 2. The zero-order valence-electron chi connectivity index (χ0n) is 15.2. The standard InChI is InChI=1S/C21H20N4O3/c26-18-8-4-5-15-16(18)6-3-7-17(15)23-20(27)21(28)25-13-11-24(12-14-25)19-9-1-2-10-22-19/h1-10,26H,11-14H2,(H,23,27). The molecule has 0 saturated carbocycles. The van der Waals surface area contributed by atoms with Gasteiger partial charge in [-0.25, -0.2) is 4.98 Å². The van der Waals surface area contributed by atoms with E-state index in [1.165, 1.54) is 0 Å². The summed E-state index contributed by atoms with van der Waals surface area (Å²) >= 11 is 0. The molecule has 0 atom stereocenters. The average molecular weight is 376 g/mol. The Morgan fingerprint density at radius 3 is 2.39 bits per heavy atom. The van der Waals surface area contributed by atoms with E-state index in [4.69, 9.17) is 0 Å². The number of benzene rings is 2. The van der Waals surface area contributed by atoms with Gasteiger partial charge in [-0.05, 0) is 24.3 Å². The largest absolute Gasteiger partial charge is 0.507 e. The van der Waals surface area contributed by atoms with Gasteiger partial charge in [-0.1, -0.05) is 30.3 Å². The molecule has 2 N–H and O–H groups in total. The Balaban J connectivity index is 1.42. The van der Waals surface area contributed by atoms with Gasteiger partial charge in [0, 0.05) is 48.8 Å². The average Bonchev–Trinajstić information content (AvgIpc) is 2.75. The molecule has 1 aliphatic rings. The van der Waals surface area contributed by atoms with Crippen LogP contribution in [-0.2, 0) is 9.59 Å². The topological polar surface area (TPSA) is 85.8 Å².